The summed E-state index contributed by atoms with van der Waals surface area (Å²) in [4.78, 5) is 12.1. The summed E-state index contributed by atoms with van der Waals surface area (Å²) in [6, 6.07) is 15.1. The molecule has 2 heterocycles. The molecule has 3 aromatic rings. The van der Waals surface area contributed by atoms with E-state index in [0.717, 1.165) is 17.1 Å². The maximum atomic E-state index is 12.1. The fourth-order valence-electron chi connectivity index (χ4n) is 2.09. The molecule has 110 valence electrons. The van der Waals surface area contributed by atoms with Gasteiger partial charge in [0.15, 0.2) is 0 Å². The largest absolute Gasteiger partial charge is 0.346 e. The van der Waals surface area contributed by atoms with Gasteiger partial charge in [-0.05, 0) is 55.5 Å². The van der Waals surface area contributed by atoms with Gasteiger partial charge < -0.3 is 9.88 Å². The van der Waals surface area contributed by atoms with Crippen molar-refractivity contribution in [3.05, 3.63) is 77.9 Å². The Hall–Kier alpha value is -2.95. The molecule has 0 atom stereocenters. The number of benzene rings is 1. The third-order valence-corrected chi connectivity index (χ3v) is 3.32. The molecule has 5 heteroatoms. The fourth-order valence-corrected chi connectivity index (χ4v) is 2.09. The summed E-state index contributed by atoms with van der Waals surface area (Å²) in [6.45, 7) is 2.24. The zero-order valence-corrected chi connectivity index (χ0v) is 12.2. The van der Waals surface area contributed by atoms with E-state index in [1.807, 2.05) is 72.4 Å². The highest BCUT2D eigenvalue weighted by Crippen LogP contribution is 2.10. The van der Waals surface area contributed by atoms with Crippen molar-refractivity contribution in [1.29, 1.82) is 0 Å². The van der Waals surface area contributed by atoms with Crippen molar-refractivity contribution in [2.75, 3.05) is 0 Å². The summed E-state index contributed by atoms with van der Waals surface area (Å²) in [5.41, 5.74) is 3.24. The van der Waals surface area contributed by atoms with Crippen molar-refractivity contribution in [3.8, 4) is 5.69 Å². The van der Waals surface area contributed by atoms with E-state index in [9.17, 15) is 4.79 Å². The first-order chi connectivity index (χ1) is 10.7. The van der Waals surface area contributed by atoms with E-state index in [1.165, 1.54) is 0 Å². The van der Waals surface area contributed by atoms with Gasteiger partial charge in [-0.3, -0.25) is 4.79 Å². The van der Waals surface area contributed by atoms with Crippen molar-refractivity contribution in [2.45, 2.75) is 13.5 Å². The van der Waals surface area contributed by atoms with Crippen LogP contribution in [0, 0.1) is 6.92 Å². The van der Waals surface area contributed by atoms with E-state index in [0.29, 0.717) is 12.1 Å². The summed E-state index contributed by atoms with van der Waals surface area (Å²) in [5.74, 6) is -0.124. The van der Waals surface area contributed by atoms with Crippen molar-refractivity contribution in [1.82, 2.24) is 20.1 Å². The standard InChI is InChI=1S/C17H16N4O/c1-13-4-7-15(20-19-13)12-18-17(22)14-5-8-16(9-6-14)21-10-2-3-11-21/h2-11H,12H2,1H3,(H,18,22). The van der Waals surface area contributed by atoms with Gasteiger partial charge in [0.25, 0.3) is 5.91 Å². The molecular formula is C17H16N4O. The number of carbonyl (C=O) groups excluding carboxylic acids is 1. The van der Waals surface area contributed by atoms with Gasteiger partial charge in [-0.25, -0.2) is 0 Å². The van der Waals surface area contributed by atoms with Crippen molar-refractivity contribution < 1.29 is 4.79 Å². The van der Waals surface area contributed by atoms with Crippen LogP contribution in [0.2, 0.25) is 0 Å². The van der Waals surface area contributed by atoms with E-state index in [4.69, 9.17) is 0 Å². The number of amides is 1. The molecule has 0 saturated heterocycles. The number of nitrogens with zero attached hydrogens (tertiary/aromatic N) is 3. The molecule has 0 fully saturated rings. The molecule has 0 spiro atoms. The normalized spacial score (nSPS) is 10.4. The molecule has 0 bridgehead atoms. The summed E-state index contributed by atoms with van der Waals surface area (Å²) in [5, 5.41) is 10.8. The number of aryl methyl sites for hydroxylation is 1. The predicted octanol–water partition coefficient (Wildman–Crippen LogP) is 2.51. The van der Waals surface area contributed by atoms with Crippen LogP contribution in [0.1, 0.15) is 21.7 Å². The minimum absolute atomic E-state index is 0.124. The van der Waals surface area contributed by atoms with Gasteiger partial charge in [0, 0.05) is 23.6 Å². The molecule has 5 nitrogen and oxygen atoms in total. The third kappa shape index (κ3) is 3.20. The summed E-state index contributed by atoms with van der Waals surface area (Å²) in [7, 11) is 0. The predicted molar refractivity (Wildman–Crippen MR) is 83.7 cm³/mol. The molecule has 0 aliphatic heterocycles. The molecule has 0 unspecified atom stereocenters. The fraction of sp³-hybridized carbons (Fsp3) is 0.118. The van der Waals surface area contributed by atoms with Gasteiger partial charge in [-0.1, -0.05) is 0 Å². The first-order valence-corrected chi connectivity index (χ1v) is 7.03. The second-order valence-corrected chi connectivity index (χ2v) is 4.99. The molecule has 0 aliphatic carbocycles. The van der Waals surface area contributed by atoms with Crippen LogP contribution in [0.15, 0.2) is 60.9 Å². The van der Waals surface area contributed by atoms with Crippen molar-refractivity contribution in [3.63, 3.8) is 0 Å². The summed E-state index contributed by atoms with van der Waals surface area (Å²) < 4.78 is 1.99. The molecule has 0 radical (unpaired) electrons. The lowest BCUT2D eigenvalue weighted by atomic mass is 10.2. The number of carbonyl (C=O) groups is 1. The van der Waals surface area contributed by atoms with E-state index in [2.05, 4.69) is 15.5 Å². The first-order valence-electron chi connectivity index (χ1n) is 7.03. The SMILES string of the molecule is Cc1ccc(CNC(=O)c2ccc(-n3cccc3)cc2)nn1. The zero-order valence-electron chi connectivity index (χ0n) is 12.2. The number of hydrogen-bond donors (Lipinski definition) is 1. The van der Waals surface area contributed by atoms with Gasteiger partial charge >= 0.3 is 0 Å². The smallest absolute Gasteiger partial charge is 0.251 e. The molecule has 3 rings (SSSR count). The molecule has 2 aromatic heterocycles. The van der Waals surface area contributed by atoms with Crippen LogP contribution in [-0.2, 0) is 6.54 Å². The van der Waals surface area contributed by atoms with Crippen LogP contribution in [0.3, 0.4) is 0 Å². The van der Waals surface area contributed by atoms with E-state index >= 15 is 0 Å². The maximum absolute atomic E-state index is 12.1. The van der Waals surface area contributed by atoms with Crippen LogP contribution >= 0.6 is 0 Å². The summed E-state index contributed by atoms with van der Waals surface area (Å²) >= 11 is 0. The Morgan fingerprint density at radius 1 is 1.05 bits per heavy atom. The maximum Gasteiger partial charge on any atom is 0.251 e. The summed E-state index contributed by atoms with van der Waals surface area (Å²) in [6.07, 6.45) is 3.93. The van der Waals surface area contributed by atoms with E-state index < -0.39 is 0 Å². The van der Waals surface area contributed by atoms with Crippen LogP contribution in [-0.4, -0.2) is 20.7 Å². The molecule has 0 aliphatic rings. The molecule has 0 saturated carbocycles. The molecule has 22 heavy (non-hydrogen) atoms. The van der Waals surface area contributed by atoms with Gasteiger partial charge in [0.2, 0.25) is 0 Å². The van der Waals surface area contributed by atoms with E-state index in [-0.39, 0.29) is 5.91 Å². The van der Waals surface area contributed by atoms with Crippen molar-refractivity contribution in [2.24, 2.45) is 0 Å². The first kappa shape index (κ1) is 14.0. The van der Waals surface area contributed by atoms with E-state index in [1.54, 1.807) is 0 Å². The Labute approximate surface area is 128 Å². The third-order valence-electron chi connectivity index (χ3n) is 3.32. The zero-order chi connectivity index (χ0) is 15.4. The van der Waals surface area contributed by atoms with Crippen LogP contribution in [0.25, 0.3) is 5.69 Å². The minimum atomic E-state index is -0.124. The Kier molecular flexibility index (Phi) is 3.96. The lowest BCUT2D eigenvalue weighted by molar-refractivity contribution is 0.0950. The number of rotatable bonds is 4. The van der Waals surface area contributed by atoms with Gasteiger partial charge in [0.1, 0.15) is 0 Å². The van der Waals surface area contributed by atoms with Gasteiger partial charge in [-0.15, -0.1) is 0 Å². The number of aromatic nitrogens is 3. The molecular weight excluding hydrogens is 276 g/mol. The van der Waals surface area contributed by atoms with Crippen LogP contribution in [0.4, 0.5) is 0 Å². The Morgan fingerprint density at radius 2 is 1.77 bits per heavy atom. The molecule has 1 N–H and O–H groups in total. The monoisotopic (exact) mass is 292 g/mol. The minimum Gasteiger partial charge on any atom is -0.346 e. The highest BCUT2D eigenvalue weighted by atomic mass is 16.1. The topological polar surface area (TPSA) is 59.8 Å². The average Bonchev–Trinajstić information content (AvgIpc) is 3.09. The molecule has 1 aromatic carbocycles. The Balaban J connectivity index is 1.63. The quantitative estimate of drug-likeness (QED) is 0.803. The van der Waals surface area contributed by atoms with Crippen LogP contribution < -0.4 is 5.32 Å². The molecule has 1 amide bonds. The number of nitrogens with one attached hydrogen (secondary N) is 1. The Morgan fingerprint density at radius 3 is 2.41 bits per heavy atom. The highest BCUT2D eigenvalue weighted by molar-refractivity contribution is 5.94. The van der Waals surface area contributed by atoms with Gasteiger partial charge in [0.05, 0.1) is 17.9 Å². The second kappa shape index (κ2) is 6.22. The van der Waals surface area contributed by atoms with Crippen LogP contribution in [0.5, 0.6) is 0 Å². The Bertz CT molecular complexity index is 746. The van der Waals surface area contributed by atoms with Crippen molar-refractivity contribution >= 4 is 5.91 Å². The van der Waals surface area contributed by atoms with Gasteiger partial charge in [-0.2, -0.15) is 10.2 Å². The second-order valence-electron chi connectivity index (χ2n) is 4.99. The average molecular weight is 292 g/mol. The lowest BCUT2D eigenvalue weighted by Gasteiger charge is -2.06. The lowest BCUT2D eigenvalue weighted by Crippen LogP contribution is -2.23. The highest BCUT2D eigenvalue weighted by Gasteiger charge is 2.06. The number of hydrogen-bond acceptors (Lipinski definition) is 3.